The Kier molecular flexibility index (Phi) is 3.54. The lowest BCUT2D eigenvalue weighted by Crippen LogP contribution is -2.24. The van der Waals surface area contributed by atoms with E-state index in [-0.39, 0.29) is 0 Å². The Morgan fingerprint density at radius 3 is 2.88 bits per heavy atom. The van der Waals surface area contributed by atoms with Crippen molar-refractivity contribution in [2.24, 2.45) is 5.92 Å². The predicted octanol–water partition coefficient (Wildman–Crippen LogP) is 2.62. The molecule has 0 amide bonds. The van der Waals surface area contributed by atoms with Crippen LogP contribution in [-0.2, 0) is 0 Å². The molecule has 3 nitrogen and oxygen atoms in total. The minimum Gasteiger partial charge on any atom is -0.306 e. The molecule has 3 unspecified atom stereocenters. The summed E-state index contributed by atoms with van der Waals surface area (Å²) in [4.78, 5) is 8.69. The Balaban J connectivity index is 1.90. The van der Waals surface area contributed by atoms with Gasteiger partial charge >= 0.3 is 0 Å². The third-order valence-corrected chi connectivity index (χ3v) is 3.38. The Morgan fingerprint density at radius 1 is 1.44 bits per heavy atom. The van der Waals surface area contributed by atoms with Gasteiger partial charge in [0, 0.05) is 24.5 Å². The summed E-state index contributed by atoms with van der Waals surface area (Å²) in [5.41, 5.74) is 2.12. The van der Waals surface area contributed by atoms with Crippen molar-refractivity contribution in [1.29, 1.82) is 0 Å². The van der Waals surface area contributed by atoms with Crippen LogP contribution in [0.1, 0.15) is 50.5 Å². The van der Waals surface area contributed by atoms with Gasteiger partial charge in [-0.1, -0.05) is 13.3 Å². The van der Waals surface area contributed by atoms with Crippen LogP contribution < -0.4 is 5.32 Å². The highest BCUT2D eigenvalue weighted by molar-refractivity contribution is 5.13. The Bertz CT molecular complexity index is 351. The van der Waals surface area contributed by atoms with Crippen molar-refractivity contribution in [1.82, 2.24) is 15.3 Å². The lowest BCUT2D eigenvalue weighted by atomic mass is 10.2. The van der Waals surface area contributed by atoms with E-state index in [9.17, 15) is 0 Å². The molecule has 1 aliphatic rings. The highest BCUT2D eigenvalue weighted by Crippen LogP contribution is 2.36. The molecule has 1 aliphatic carbocycles. The fourth-order valence-electron chi connectivity index (χ4n) is 2.39. The van der Waals surface area contributed by atoms with E-state index < -0.39 is 0 Å². The summed E-state index contributed by atoms with van der Waals surface area (Å²) in [6.07, 6.45) is 7.50. The fraction of sp³-hybridized carbons (Fsp3) is 0.692. The molecule has 1 heterocycles. The molecule has 1 fully saturated rings. The van der Waals surface area contributed by atoms with Gasteiger partial charge < -0.3 is 5.32 Å². The predicted molar refractivity (Wildman–Crippen MR) is 65.1 cm³/mol. The summed E-state index contributed by atoms with van der Waals surface area (Å²) in [7, 11) is 0. The summed E-state index contributed by atoms with van der Waals surface area (Å²) in [5, 5.41) is 3.64. The minimum absolute atomic E-state index is 0.320. The number of aryl methyl sites for hydroxylation is 1. The maximum atomic E-state index is 4.41. The van der Waals surface area contributed by atoms with E-state index in [1.54, 1.807) is 12.4 Å². The van der Waals surface area contributed by atoms with Gasteiger partial charge in [0.25, 0.3) is 0 Å². The Labute approximate surface area is 97.7 Å². The largest absolute Gasteiger partial charge is 0.306 e. The highest BCUT2D eigenvalue weighted by Gasteiger charge is 2.36. The molecule has 16 heavy (non-hydrogen) atoms. The monoisotopic (exact) mass is 219 g/mol. The number of rotatable bonds is 5. The molecule has 1 saturated carbocycles. The zero-order chi connectivity index (χ0) is 11.5. The molecule has 1 aromatic rings. The van der Waals surface area contributed by atoms with E-state index in [0.29, 0.717) is 12.1 Å². The molecule has 2 rings (SSSR count). The van der Waals surface area contributed by atoms with Gasteiger partial charge in [0.2, 0.25) is 0 Å². The van der Waals surface area contributed by atoms with Crippen molar-refractivity contribution in [3.8, 4) is 0 Å². The van der Waals surface area contributed by atoms with Crippen LogP contribution in [0, 0.1) is 12.8 Å². The maximum absolute atomic E-state index is 4.41. The molecule has 3 heteroatoms. The van der Waals surface area contributed by atoms with Crippen molar-refractivity contribution in [2.45, 2.75) is 52.1 Å². The first kappa shape index (κ1) is 11.5. The van der Waals surface area contributed by atoms with Gasteiger partial charge in [-0.2, -0.15) is 0 Å². The molecular formula is C13H21N3. The molecule has 3 atom stereocenters. The topological polar surface area (TPSA) is 37.8 Å². The van der Waals surface area contributed by atoms with Crippen molar-refractivity contribution in [3.63, 3.8) is 0 Å². The first-order chi connectivity index (χ1) is 7.72. The Hall–Kier alpha value is -0.960. The average Bonchev–Trinajstić information content (AvgIpc) is 2.97. The first-order valence-electron chi connectivity index (χ1n) is 6.26. The van der Waals surface area contributed by atoms with Gasteiger partial charge in [0.1, 0.15) is 0 Å². The first-order valence-corrected chi connectivity index (χ1v) is 6.26. The maximum Gasteiger partial charge on any atom is 0.0782 e. The molecule has 1 N–H and O–H groups in total. The number of hydrogen-bond donors (Lipinski definition) is 1. The van der Waals surface area contributed by atoms with Gasteiger partial charge in [-0.3, -0.25) is 9.97 Å². The van der Waals surface area contributed by atoms with Crippen LogP contribution in [0.3, 0.4) is 0 Å². The average molecular weight is 219 g/mol. The van der Waals surface area contributed by atoms with E-state index in [1.165, 1.54) is 19.3 Å². The van der Waals surface area contributed by atoms with Crippen LogP contribution >= 0.6 is 0 Å². The molecule has 1 aromatic heterocycles. The van der Waals surface area contributed by atoms with Crippen molar-refractivity contribution in [2.75, 3.05) is 0 Å². The van der Waals surface area contributed by atoms with Crippen LogP contribution in [0.2, 0.25) is 0 Å². The van der Waals surface area contributed by atoms with E-state index >= 15 is 0 Å². The fourth-order valence-corrected chi connectivity index (χ4v) is 2.39. The minimum atomic E-state index is 0.320. The lowest BCUT2D eigenvalue weighted by Gasteiger charge is -2.14. The standard InChI is InChI=1S/C13H21N3/c1-4-5-11-8-12(11)16-10(3)13-9(2)14-6-7-15-13/h6-7,10-12,16H,4-5,8H2,1-3H3. The van der Waals surface area contributed by atoms with E-state index in [0.717, 1.165) is 17.3 Å². The van der Waals surface area contributed by atoms with Gasteiger partial charge in [-0.15, -0.1) is 0 Å². The van der Waals surface area contributed by atoms with E-state index in [2.05, 4.69) is 29.1 Å². The highest BCUT2D eigenvalue weighted by atomic mass is 15.0. The van der Waals surface area contributed by atoms with Gasteiger partial charge in [-0.05, 0) is 32.6 Å². The molecule has 0 radical (unpaired) electrons. The second-order valence-corrected chi connectivity index (χ2v) is 4.81. The number of hydrogen-bond acceptors (Lipinski definition) is 3. The number of nitrogens with zero attached hydrogens (tertiary/aromatic N) is 2. The van der Waals surface area contributed by atoms with Crippen molar-refractivity contribution >= 4 is 0 Å². The van der Waals surface area contributed by atoms with Gasteiger partial charge in [-0.25, -0.2) is 0 Å². The normalized spacial score (nSPS) is 25.4. The van der Waals surface area contributed by atoms with Crippen LogP contribution in [0.25, 0.3) is 0 Å². The molecule has 88 valence electrons. The molecule has 0 aromatic carbocycles. The summed E-state index contributed by atoms with van der Waals surface area (Å²) in [6, 6.07) is 1.02. The SMILES string of the molecule is CCCC1CC1NC(C)c1nccnc1C. The summed E-state index contributed by atoms with van der Waals surface area (Å²) in [6.45, 7) is 6.46. The quantitative estimate of drug-likeness (QED) is 0.827. The molecule has 0 bridgehead atoms. The van der Waals surface area contributed by atoms with Gasteiger partial charge in [0.05, 0.1) is 11.4 Å². The lowest BCUT2D eigenvalue weighted by molar-refractivity contribution is 0.517. The Morgan fingerprint density at radius 2 is 2.19 bits per heavy atom. The third kappa shape index (κ3) is 2.59. The van der Waals surface area contributed by atoms with Crippen LogP contribution in [0.5, 0.6) is 0 Å². The summed E-state index contributed by atoms with van der Waals surface area (Å²) < 4.78 is 0. The zero-order valence-corrected chi connectivity index (χ0v) is 10.4. The summed E-state index contributed by atoms with van der Waals surface area (Å²) >= 11 is 0. The third-order valence-electron chi connectivity index (χ3n) is 3.38. The molecule has 0 saturated heterocycles. The van der Waals surface area contributed by atoms with E-state index in [4.69, 9.17) is 0 Å². The van der Waals surface area contributed by atoms with E-state index in [1.807, 2.05) is 6.92 Å². The van der Waals surface area contributed by atoms with Crippen LogP contribution in [0.15, 0.2) is 12.4 Å². The van der Waals surface area contributed by atoms with Crippen molar-refractivity contribution < 1.29 is 0 Å². The smallest absolute Gasteiger partial charge is 0.0782 e. The number of nitrogens with one attached hydrogen (secondary N) is 1. The molecule has 0 aliphatic heterocycles. The molecular weight excluding hydrogens is 198 g/mol. The van der Waals surface area contributed by atoms with Crippen LogP contribution in [-0.4, -0.2) is 16.0 Å². The van der Waals surface area contributed by atoms with Gasteiger partial charge in [0.15, 0.2) is 0 Å². The van der Waals surface area contributed by atoms with Crippen molar-refractivity contribution in [3.05, 3.63) is 23.8 Å². The second-order valence-electron chi connectivity index (χ2n) is 4.81. The summed E-state index contributed by atoms with van der Waals surface area (Å²) in [5.74, 6) is 0.893. The second kappa shape index (κ2) is 4.91. The number of aromatic nitrogens is 2. The van der Waals surface area contributed by atoms with Crippen LogP contribution in [0.4, 0.5) is 0 Å². The zero-order valence-electron chi connectivity index (χ0n) is 10.4. The molecule has 0 spiro atoms.